The summed E-state index contributed by atoms with van der Waals surface area (Å²) in [5, 5.41) is 3.28. The zero-order chi connectivity index (χ0) is 13.3. The smallest absolute Gasteiger partial charge is 0.149 e. The number of nitrogens with zero attached hydrogens (tertiary/aromatic N) is 1. The first-order valence-electron chi connectivity index (χ1n) is 7.01. The van der Waals surface area contributed by atoms with Gasteiger partial charge in [0.05, 0.1) is 6.54 Å². The average Bonchev–Trinajstić information content (AvgIpc) is 2.34. The fourth-order valence-corrected chi connectivity index (χ4v) is 1.87. The van der Waals surface area contributed by atoms with Gasteiger partial charge in [-0.25, -0.2) is 0 Å². The summed E-state index contributed by atoms with van der Waals surface area (Å²) in [6.07, 6.45) is 2.53. The number of rotatable bonds is 5. The third-order valence-corrected chi connectivity index (χ3v) is 3.21. The van der Waals surface area contributed by atoms with Crippen molar-refractivity contribution in [2.24, 2.45) is 11.8 Å². The first-order valence-corrected chi connectivity index (χ1v) is 7.01. The fourth-order valence-electron chi connectivity index (χ4n) is 1.87. The molecule has 0 bridgehead atoms. The van der Waals surface area contributed by atoms with Crippen LogP contribution < -0.4 is 5.32 Å². The predicted molar refractivity (Wildman–Crippen MR) is 74.3 cm³/mol. The van der Waals surface area contributed by atoms with E-state index in [1.54, 1.807) is 0 Å². The Morgan fingerprint density at radius 2 is 1.82 bits per heavy atom. The lowest BCUT2D eigenvalue weighted by Gasteiger charge is -2.29. The average molecular weight is 242 g/mol. The zero-order valence-corrected chi connectivity index (χ0v) is 12.3. The normalized spacial score (nSPS) is 17.8. The van der Waals surface area contributed by atoms with Gasteiger partial charge in [0.25, 0.3) is 0 Å². The number of Topliss-reactive ketones (excluding diaryl/α,β-unsaturated/α-hetero) is 1. The molecule has 0 unspecified atom stereocenters. The Morgan fingerprint density at radius 1 is 1.29 bits per heavy atom. The van der Waals surface area contributed by atoms with Crippen LogP contribution in [0, 0.1) is 11.8 Å². The minimum Gasteiger partial charge on any atom is -0.310 e. The summed E-state index contributed by atoms with van der Waals surface area (Å²) in [4.78, 5) is 13.7. The number of nitrogens with one attached hydrogen (secondary N) is 1. The Labute approximate surface area is 107 Å². The van der Waals surface area contributed by atoms with Gasteiger partial charge in [0.15, 0.2) is 0 Å². The first kappa shape index (κ1) is 16.6. The van der Waals surface area contributed by atoms with Crippen LogP contribution in [0.15, 0.2) is 0 Å². The minimum atomic E-state index is 0.162. The Kier molecular flexibility index (Phi) is 9.37. The summed E-state index contributed by atoms with van der Waals surface area (Å²) < 4.78 is 0. The highest BCUT2D eigenvalue weighted by Gasteiger charge is 2.16. The lowest BCUT2D eigenvalue weighted by Crippen LogP contribution is -2.36. The molecule has 0 atom stereocenters. The molecule has 102 valence electrons. The molecule has 0 aromatic carbocycles. The van der Waals surface area contributed by atoms with E-state index in [0.29, 0.717) is 12.3 Å². The van der Waals surface area contributed by atoms with Crippen molar-refractivity contribution in [3.8, 4) is 0 Å². The molecule has 0 spiro atoms. The van der Waals surface area contributed by atoms with E-state index in [2.05, 4.69) is 17.3 Å². The summed E-state index contributed by atoms with van der Waals surface area (Å²) in [6.45, 7) is 11.9. The molecule has 1 fully saturated rings. The molecule has 0 radical (unpaired) electrons. The number of carbonyl (C=O) groups excluding carboxylic acids is 1. The summed E-state index contributed by atoms with van der Waals surface area (Å²) in [5.41, 5.74) is 0. The van der Waals surface area contributed by atoms with Crippen molar-refractivity contribution in [2.45, 2.75) is 40.5 Å². The Balaban J connectivity index is 0.00000121. The molecule has 1 aliphatic heterocycles. The minimum absolute atomic E-state index is 0.162. The van der Waals surface area contributed by atoms with Crippen molar-refractivity contribution in [1.82, 2.24) is 10.2 Å². The summed E-state index contributed by atoms with van der Waals surface area (Å²) in [7, 11) is 2.17. The lowest BCUT2D eigenvalue weighted by atomic mass is 9.97. The van der Waals surface area contributed by atoms with E-state index in [1.165, 1.54) is 25.9 Å². The van der Waals surface area contributed by atoms with Crippen LogP contribution in [-0.2, 0) is 4.79 Å². The molecule has 1 aliphatic rings. The molecule has 0 aromatic rings. The van der Waals surface area contributed by atoms with Crippen molar-refractivity contribution >= 4 is 5.78 Å². The monoisotopic (exact) mass is 242 g/mol. The molecule has 0 amide bonds. The maximum atomic E-state index is 11.4. The van der Waals surface area contributed by atoms with Gasteiger partial charge in [-0.2, -0.15) is 0 Å². The van der Waals surface area contributed by atoms with E-state index in [0.717, 1.165) is 12.5 Å². The molecule has 3 nitrogen and oxygen atoms in total. The van der Waals surface area contributed by atoms with E-state index in [-0.39, 0.29) is 5.92 Å². The molecule has 1 heterocycles. The van der Waals surface area contributed by atoms with Crippen molar-refractivity contribution in [3.63, 3.8) is 0 Å². The van der Waals surface area contributed by atoms with Gasteiger partial charge >= 0.3 is 0 Å². The van der Waals surface area contributed by atoms with Crippen LogP contribution in [0.2, 0.25) is 0 Å². The molecular formula is C14H30N2O. The maximum absolute atomic E-state index is 11.4. The Morgan fingerprint density at radius 3 is 2.29 bits per heavy atom. The lowest BCUT2D eigenvalue weighted by molar-refractivity contribution is -0.121. The molecule has 1 saturated heterocycles. The second kappa shape index (κ2) is 9.60. The molecule has 0 saturated carbocycles. The van der Waals surface area contributed by atoms with Gasteiger partial charge in [-0.05, 0) is 45.4 Å². The van der Waals surface area contributed by atoms with Gasteiger partial charge in [-0.3, -0.25) is 4.79 Å². The Bertz CT molecular complexity index is 196. The van der Waals surface area contributed by atoms with Crippen LogP contribution >= 0.6 is 0 Å². The van der Waals surface area contributed by atoms with Crippen LogP contribution in [0.25, 0.3) is 0 Å². The Hall–Kier alpha value is -0.410. The topological polar surface area (TPSA) is 32.3 Å². The van der Waals surface area contributed by atoms with Crippen LogP contribution in [0.3, 0.4) is 0 Å². The second-order valence-corrected chi connectivity index (χ2v) is 5.00. The standard InChI is InChI=1S/C12H24N2O.C2H6/c1-10(2)12(15)9-13-8-11-4-6-14(3)7-5-11;1-2/h10-11,13H,4-9H2,1-3H3;1-2H3. The largest absolute Gasteiger partial charge is 0.310 e. The number of likely N-dealkylation sites (tertiary alicyclic amines) is 1. The summed E-state index contributed by atoms with van der Waals surface area (Å²) in [5.74, 6) is 1.25. The van der Waals surface area contributed by atoms with E-state index in [4.69, 9.17) is 0 Å². The van der Waals surface area contributed by atoms with Crippen molar-refractivity contribution < 1.29 is 4.79 Å². The fraction of sp³-hybridized carbons (Fsp3) is 0.929. The van der Waals surface area contributed by atoms with Crippen LogP contribution in [0.4, 0.5) is 0 Å². The second-order valence-electron chi connectivity index (χ2n) is 5.00. The van der Waals surface area contributed by atoms with E-state index in [1.807, 2.05) is 27.7 Å². The SMILES string of the molecule is CC.CC(C)C(=O)CNCC1CCN(C)CC1. The van der Waals surface area contributed by atoms with Crippen LogP contribution in [0.5, 0.6) is 0 Å². The molecule has 1 rings (SSSR count). The van der Waals surface area contributed by atoms with Gasteiger partial charge < -0.3 is 10.2 Å². The van der Waals surface area contributed by atoms with Gasteiger partial charge in [-0.15, -0.1) is 0 Å². The number of piperidine rings is 1. The van der Waals surface area contributed by atoms with Crippen molar-refractivity contribution in [2.75, 3.05) is 33.2 Å². The van der Waals surface area contributed by atoms with Crippen LogP contribution in [-0.4, -0.2) is 43.9 Å². The van der Waals surface area contributed by atoms with Crippen molar-refractivity contribution in [3.05, 3.63) is 0 Å². The highest BCUT2D eigenvalue weighted by molar-refractivity contribution is 5.82. The number of hydrogen-bond acceptors (Lipinski definition) is 3. The molecule has 17 heavy (non-hydrogen) atoms. The van der Waals surface area contributed by atoms with Gasteiger partial charge in [0, 0.05) is 5.92 Å². The third kappa shape index (κ3) is 7.50. The number of ketones is 1. The zero-order valence-electron chi connectivity index (χ0n) is 12.3. The van der Waals surface area contributed by atoms with Gasteiger partial charge in [-0.1, -0.05) is 27.7 Å². The van der Waals surface area contributed by atoms with Gasteiger partial charge in [0.2, 0.25) is 0 Å². The predicted octanol–water partition coefficient (Wildman–Crippen LogP) is 2.17. The third-order valence-electron chi connectivity index (χ3n) is 3.21. The number of hydrogen-bond donors (Lipinski definition) is 1. The van der Waals surface area contributed by atoms with E-state index < -0.39 is 0 Å². The van der Waals surface area contributed by atoms with Crippen molar-refractivity contribution in [1.29, 1.82) is 0 Å². The van der Waals surface area contributed by atoms with Crippen LogP contribution in [0.1, 0.15) is 40.5 Å². The molecular weight excluding hydrogens is 212 g/mol. The highest BCUT2D eigenvalue weighted by Crippen LogP contribution is 2.14. The highest BCUT2D eigenvalue weighted by atomic mass is 16.1. The maximum Gasteiger partial charge on any atom is 0.149 e. The quantitative estimate of drug-likeness (QED) is 0.802. The summed E-state index contributed by atoms with van der Waals surface area (Å²) in [6, 6.07) is 0. The molecule has 1 N–H and O–H groups in total. The van der Waals surface area contributed by atoms with E-state index in [9.17, 15) is 4.79 Å². The summed E-state index contributed by atoms with van der Waals surface area (Å²) >= 11 is 0. The molecule has 3 heteroatoms. The first-order chi connectivity index (χ1) is 8.09. The van der Waals surface area contributed by atoms with Gasteiger partial charge in [0.1, 0.15) is 5.78 Å². The van der Waals surface area contributed by atoms with E-state index >= 15 is 0 Å². The molecule has 0 aliphatic carbocycles. The molecule has 0 aromatic heterocycles. The number of carbonyl (C=O) groups is 1.